The summed E-state index contributed by atoms with van der Waals surface area (Å²) in [5, 5.41) is 18.1. The first-order valence-corrected chi connectivity index (χ1v) is 9.37. The topological polar surface area (TPSA) is 128 Å². The molecule has 4 aromatic rings. The average molecular weight is 405 g/mol. The van der Waals surface area contributed by atoms with Crippen LogP contribution in [0.3, 0.4) is 0 Å². The van der Waals surface area contributed by atoms with Gasteiger partial charge in [-0.05, 0) is 35.5 Å². The van der Waals surface area contributed by atoms with Crippen molar-refractivity contribution in [2.24, 2.45) is 0 Å². The summed E-state index contributed by atoms with van der Waals surface area (Å²) in [4.78, 5) is 36.9. The molecule has 2 N–H and O–H groups in total. The average Bonchev–Trinajstić information content (AvgIpc) is 3.11. The van der Waals surface area contributed by atoms with Crippen LogP contribution >= 0.6 is 0 Å². The molecule has 0 spiro atoms. The molecule has 4 rings (SSSR count). The molecule has 0 saturated heterocycles. The third kappa shape index (κ3) is 3.88. The number of hydrogen-bond donors (Lipinski definition) is 2. The van der Waals surface area contributed by atoms with Crippen LogP contribution in [0.15, 0.2) is 64.2 Å². The zero-order chi connectivity index (χ0) is 21.1. The van der Waals surface area contributed by atoms with Crippen LogP contribution in [-0.2, 0) is 17.8 Å². The number of aromatic nitrogens is 6. The van der Waals surface area contributed by atoms with Crippen molar-refractivity contribution in [2.75, 3.05) is 0 Å². The fraction of sp³-hybridized carbons (Fsp3) is 0.200. The first kappa shape index (κ1) is 19.2. The quantitative estimate of drug-likeness (QED) is 0.478. The maximum absolute atomic E-state index is 12.5. The second-order valence-electron chi connectivity index (χ2n) is 6.88. The van der Waals surface area contributed by atoms with Gasteiger partial charge in [0.15, 0.2) is 0 Å². The number of amides is 1. The molecule has 0 bridgehead atoms. The van der Waals surface area contributed by atoms with E-state index in [2.05, 4.69) is 25.9 Å². The van der Waals surface area contributed by atoms with Gasteiger partial charge in [-0.3, -0.25) is 9.59 Å². The minimum atomic E-state index is -0.393. The summed E-state index contributed by atoms with van der Waals surface area (Å²) in [5.74, 6) is -0.282. The molecule has 10 heteroatoms. The van der Waals surface area contributed by atoms with E-state index >= 15 is 0 Å². The Morgan fingerprint density at radius 3 is 2.50 bits per heavy atom. The number of tetrazole rings is 1. The van der Waals surface area contributed by atoms with Crippen molar-refractivity contribution in [3.8, 4) is 5.69 Å². The van der Waals surface area contributed by atoms with Gasteiger partial charge in [-0.2, -0.15) is 14.5 Å². The van der Waals surface area contributed by atoms with Crippen LogP contribution in [0.2, 0.25) is 0 Å². The van der Waals surface area contributed by atoms with Gasteiger partial charge in [0.25, 0.3) is 5.56 Å². The standard InChI is InChI=1S/C20H19N7O3/c1-13(12-26-20(30)27(25-24-26)14-7-3-2-4-8-14)21-18(28)11-17-15-9-5-6-10-16(15)19(29)23-22-17/h2-10,13H,11-12H2,1H3,(H,21,28)(H,23,29)/t13-/m0/s1. The van der Waals surface area contributed by atoms with Gasteiger partial charge in [-0.1, -0.05) is 36.4 Å². The summed E-state index contributed by atoms with van der Waals surface area (Å²) in [6, 6.07) is 15.6. The van der Waals surface area contributed by atoms with E-state index in [0.29, 0.717) is 22.2 Å². The summed E-state index contributed by atoms with van der Waals surface area (Å²) in [6.45, 7) is 1.93. The molecule has 1 atom stereocenters. The third-order valence-electron chi connectivity index (χ3n) is 4.60. The van der Waals surface area contributed by atoms with Crippen molar-refractivity contribution in [3.05, 3.63) is 81.1 Å². The Balaban J connectivity index is 1.44. The van der Waals surface area contributed by atoms with Gasteiger partial charge in [-0.25, -0.2) is 9.89 Å². The molecule has 0 unspecified atom stereocenters. The number of benzene rings is 2. The fourth-order valence-electron chi connectivity index (χ4n) is 3.21. The molecule has 2 aromatic carbocycles. The number of aromatic amines is 1. The molecule has 2 aromatic heterocycles. The third-order valence-corrected chi connectivity index (χ3v) is 4.60. The van der Waals surface area contributed by atoms with Crippen molar-refractivity contribution in [1.29, 1.82) is 0 Å². The van der Waals surface area contributed by atoms with Crippen molar-refractivity contribution >= 4 is 16.7 Å². The van der Waals surface area contributed by atoms with Crippen molar-refractivity contribution in [3.63, 3.8) is 0 Å². The van der Waals surface area contributed by atoms with E-state index in [9.17, 15) is 14.4 Å². The Morgan fingerprint density at radius 2 is 1.73 bits per heavy atom. The van der Waals surface area contributed by atoms with Crippen LogP contribution in [0.4, 0.5) is 0 Å². The highest BCUT2D eigenvalue weighted by atomic mass is 16.2. The van der Waals surface area contributed by atoms with E-state index in [1.165, 1.54) is 9.36 Å². The van der Waals surface area contributed by atoms with Crippen molar-refractivity contribution in [1.82, 2.24) is 35.3 Å². The number of H-pyrrole nitrogens is 1. The monoisotopic (exact) mass is 405 g/mol. The number of nitrogens with zero attached hydrogens (tertiary/aromatic N) is 5. The molecular formula is C20H19N7O3. The minimum Gasteiger partial charge on any atom is -0.351 e. The first-order valence-electron chi connectivity index (χ1n) is 9.37. The lowest BCUT2D eigenvalue weighted by Gasteiger charge is -2.13. The lowest BCUT2D eigenvalue weighted by atomic mass is 10.1. The van der Waals surface area contributed by atoms with E-state index in [1.54, 1.807) is 55.5 Å². The molecule has 2 heterocycles. The highest BCUT2D eigenvalue weighted by Gasteiger charge is 2.15. The number of carbonyl (C=O) groups is 1. The zero-order valence-electron chi connectivity index (χ0n) is 16.1. The summed E-state index contributed by atoms with van der Waals surface area (Å²) in [6.07, 6.45) is -0.00671. The van der Waals surface area contributed by atoms with Gasteiger partial charge in [0.2, 0.25) is 5.91 Å². The molecule has 0 saturated carbocycles. The van der Waals surface area contributed by atoms with E-state index in [4.69, 9.17) is 0 Å². The molecule has 0 aliphatic heterocycles. The lowest BCUT2D eigenvalue weighted by molar-refractivity contribution is -0.121. The maximum atomic E-state index is 12.5. The van der Waals surface area contributed by atoms with Gasteiger partial charge in [0.1, 0.15) is 0 Å². The number of hydrogen-bond acceptors (Lipinski definition) is 6. The van der Waals surface area contributed by atoms with Gasteiger partial charge in [-0.15, -0.1) is 0 Å². The van der Waals surface area contributed by atoms with Crippen LogP contribution in [0.5, 0.6) is 0 Å². The lowest BCUT2D eigenvalue weighted by Crippen LogP contribution is -2.39. The summed E-state index contributed by atoms with van der Waals surface area (Å²) < 4.78 is 2.40. The first-order chi connectivity index (χ1) is 14.5. The normalized spacial score (nSPS) is 12.0. The summed E-state index contributed by atoms with van der Waals surface area (Å²) >= 11 is 0. The van der Waals surface area contributed by atoms with Gasteiger partial charge in [0, 0.05) is 11.4 Å². The molecule has 1 amide bonds. The Labute approximate surface area is 170 Å². The summed E-state index contributed by atoms with van der Waals surface area (Å²) in [5.41, 5.74) is 0.392. The Morgan fingerprint density at radius 1 is 1.03 bits per heavy atom. The molecule has 152 valence electrons. The minimum absolute atomic E-state index is 0.00671. The zero-order valence-corrected chi connectivity index (χ0v) is 16.1. The Bertz CT molecular complexity index is 1310. The Hall–Kier alpha value is -4.08. The highest BCUT2D eigenvalue weighted by Crippen LogP contribution is 2.12. The number of carbonyl (C=O) groups excluding carboxylic acids is 1. The largest absolute Gasteiger partial charge is 0.368 e. The van der Waals surface area contributed by atoms with Gasteiger partial charge < -0.3 is 5.32 Å². The molecular weight excluding hydrogens is 386 g/mol. The molecule has 0 radical (unpaired) electrons. The predicted octanol–water partition coefficient (Wildman–Crippen LogP) is 0.413. The van der Waals surface area contributed by atoms with Crippen molar-refractivity contribution < 1.29 is 4.79 Å². The highest BCUT2D eigenvalue weighted by molar-refractivity contribution is 5.88. The fourth-order valence-corrected chi connectivity index (χ4v) is 3.21. The van der Waals surface area contributed by atoms with E-state index in [-0.39, 0.29) is 30.5 Å². The molecule has 10 nitrogen and oxygen atoms in total. The Kier molecular flexibility index (Phi) is 5.21. The SMILES string of the molecule is C[C@@H](Cn1nnn(-c2ccccc2)c1=O)NC(=O)Cc1n[nH]c(=O)c2ccccc12. The van der Waals surface area contributed by atoms with E-state index in [1.807, 2.05) is 6.07 Å². The van der Waals surface area contributed by atoms with Crippen LogP contribution < -0.4 is 16.6 Å². The number of para-hydroxylation sites is 1. The molecule has 0 fully saturated rings. The van der Waals surface area contributed by atoms with Crippen LogP contribution in [0, 0.1) is 0 Å². The molecule has 30 heavy (non-hydrogen) atoms. The van der Waals surface area contributed by atoms with Gasteiger partial charge >= 0.3 is 5.69 Å². The van der Waals surface area contributed by atoms with Crippen LogP contribution in [-0.4, -0.2) is 41.9 Å². The summed E-state index contributed by atoms with van der Waals surface area (Å²) in [7, 11) is 0. The second-order valence-corrected chi connectivity index (χ2v) is 6.88. The second kappa shape index (κ2) is 8.11. The van der Waals surface area contributed by atoms with Gasteiger partial charge in [0.05, 0.1) is 29.7 Å². The number of fused-ring (bicyclic) bond motifs is 1. The maximum Gasteiger partial charge on any atom is 0.368 e. The molecule has 0 aliphatic carbocycles. The van der Waals surface area contributed by atoms with Crippen LogP contribution in [0.25, 0.3) is 16.5 Å². The smallest absolute Gasteiger partial charge is 0.351 e. The van der Waals surface area contributed by atoms with Crippen molar-refractivity contribution in [2.45, 2.75) is 25.9 Å². The number of nitrogens with one attached hydrogen (secondary N) is 2. The predicted molar refractivity (Wildman–Crippen MR) is 109 cm³/mol. The van der Waals surface area contributed by atoms with E-state index < -0.39 is 5.69 Å². The van der Waals surface area contributed by atoms with Crippen LogP contribution in [0.1, 0.15) is 12.6 Å². The van der Waals surface area contributed by atoms with E-state index in [0.717, 1.165) is 0 Å². The molecule has 0 aliphatic rings. The number of rotatable bonds is 6.